The van der Waals surface area contributed by atoms with Crippen molar-refractivity contribution in [2.24, 2.45) is 0 Å². The smallest absolute Gasteiger partial charge is 0.351 e. The van der Waals surface area contributed by atoms with Gasteiger partial charge in [0.25, 0.3) is 0 Å². The van der Waals surface area contributed by atoms with E-state index in [9.17, 15) is 4.79 Å². The molecule has 2 rings (SSSR count). The van der Waals surface area contributed by atoms with E-state index in [0.29, 0.717) is 6.61 Å². The Hall–Kier alpha value is -1.40. The van der Waals surface area contributed by atoms with Crippen molar-refractivity contribution in [2.75, 3.05) is 12.1 Å². The van der Waals surface area contributed by atoms with Crippen LogP contribution in [-0.2, 0) is 4.74 Å². The molecule has 1 aliphatic heterocycles. The first-order valence-electron chi connectivity index (χ1n) is 4.92. The molecule has 0 aliphatic carbocycles. The fourth-order valence-electron chi connectivity index (χ4n) is 1.64. The number of aromatic nitrogens is 2. The van der Waals surface area contributed by atoms with Crippen molar-refractivity contribution < 1.29 is 9.94 Å². The maximum atomic E-state index is 11.5. The number of nitrogens with one attached hydrogen (secondary N) is 1. The molecule has 0 aromatic carbocycles. The Morgan fingerprint density at radius 2 is 2.47 bits per heavy atom. The van der Waals surface area contributed by atoms with Gasteiger partial charge >= 0.3 is 5.69 Å². The summed E-state index contributed by atoms with van der Waals surface area (Å²) in [7, 11) is 0. The van der Waals surface area contributed by atoms with E-state index in [1.54, 1.807) is 6.20 Å². The molecule has 2 heterocycles. The van der Waals surface area contributed by atoms with E-state index in [-0.39, 0.29) is 12.0 Å². The van der Waals surface area contributed by atoms with E-state index in [1.165, 1.54) is 10.6 Å². The van der Waals surface area contributed by atoms with Gasteiger partial charge in [-0.3, -0.25) is 15.3 Å². The number of ether oxygens (including phenoxy) is 1. The number of anilines is 1. The van der Waals surface area contributed by atoms with Gasteiger partial charge in [0.2, 0.25) is 0 Å². The maximum Gasteiger partial charge on any atom is 0.351 e. The van der Waals surface area contributed by atoms with Crippen LogP contribution in [0.3, 0.4) is 0 Å². The third-order valence-corrected chi connectivity index (χ3v) is 2.41. The molecule has 15 heavy (non-hydrogen) atoms. The minimum absolute atomic E-state index is 0.145. The molecule has 6 nitrogen and oxygen atoms in total. The van der Waals surface area contributed by atoms with Crippen molar-refractivity contribution in [3.05, 3.63) is 22.7 Å². The molecule has 1 aromatic rings. The largest absolute Gasteiger partial charge is 0.358 e. The van der Waals surface area contributed by atoms with Crippen LogP contribution in [0.4, 0.5) is 5.82 Å². The van der Waals surface area contributed by atoms with E-state index < -0.39 is 5.69 Å². The highest BCUT2D eigenvalue weighted by molar-refractivity contribution is 5.27. The number of rotatable bonds is 2. The lowest BCUT2D eigenvalue weighted by molar-refractivity contribution is -0.0348. The fraction of sp³-hybridized carbons (Fsp3) is 0.556. The van der Waals surface area contributed by atoms with Crippen LogP contribution >= 0.6 is 0 Å². The van der Waals surface area contributed by atoms with Gasteiger partial charge in [0.1, 0.15) is 6.23 Å². The lowest BCUT2D eigenvalue weighted by atomic mass is 10.2. The van der Waals surface area contributed by atoms with Gasteiger partial charge in [0, 0.05) is 12.8 Å². The van der Waals surface area contributed by atoms with E-state index in [2.05, 4.69) is 4.98 Å². The van der Waals surface area contributed by atoms with Crippen LogP contribution in [-0.4, -0.2) is 21.4 Å². The Balaban J connectivity index is 2.24. The second-order valence-corrected chi connectivity index (χ2v) is 3.44. The molecular formula is C9H13N3O3. The molecule has 1 aromatic heterocycles. The van der Waals surface area contributed by atoms with Crippen LogP contribution in [0, 0.1) is 0 Å². The molecular weight excluding hydrogens is 198 g/mol. The maximum absolute atomic E-state index is 11.5. The Labute approximate surface area is 86.5 Å². The molecule has 6 heteroatoms. The van der Waals surface area contributed by atoms with Gasteiger partial charge in [-0.2, -0.15) is 4.98 Å². The van der Waals surface area contributed by atoms with Gasteiger partial charge in [0.05, 0.1) is 0 Å². The summed E-state index contributed by atoms with van der Waals surface area (Å²) in [5, 5.41) is 8.57. The predicted molar refractivity (Wildman–Crippen MR) is 52.7 cm³/mol. The Morgan fingerprint density at radius 1 is 1.60 bits per heavy atom. The first-order valence-corrected chi connectivity index (χ1v) is 4.92. The minimum atomic E-state index is -0.416. The van der Waals surface area contributed by atoms with Crippen molar-refractivity contribution in [3.63, 3.8) is 0 Å². The summed E-state index contributed by atoms with van der Waals surface area (Å²) in [5.74, 6) is 0.145. The summed E-state index contributed by atoms with van der Waals surface area (Å²) >= 11 is 0. The van der Waals surface area contributed by atoms with E-state index in [1.807, 2.05) is 5.48 Å². The lowest BCUT2D eigenvalue weighted by Gasteiger charge is -2.23. The zero-order valence-electron chi connectivity index (χ0n) is 8.22. The molecule has 2 N–H and O–H groups in total. The number of nitrogens with zero attached hydrogens (tertiary/aromatic N) is 2. The van der Waals surface area contributed by atoms with Crippen LogP contribution in [0.5, 0.6) is 0 Å². The highest BCUT2D eigenvalue weighted by atomic mass is 16.5. The SMILES string of the molecule is O=c1nc(NO)ccn1[C@@H]1CCCCO1. The molecule has 0 spiro atoms. The zero-order valence-corrected chi connectivity index (χ0v) is 8.22. The van der Waals surface area contributed by atoms with Gasteiger partial charge in [-0.1, -0.05) is 0 Å². The highest BCUT2D eigenvalue weighted by Gasteiger charge is 2.16. The van der Waals surface area contributed by atoms with Crippen LogP contribution in [0.25, 0.3) is 0 Å². The molecule has 0 amide bonds. The van der Waals surface area contributed by atoms with Crippen LogP contribution in [0.1, 0.15) is 25.5 Å². The molecule has 0 saturated carbocycles. The van der Waals surface area contributed by atoms with Crippen molar-refractivity contribution >= 4 is 5.82 Å². The van der Waals surface area contributed by atoms with Crippen molar-refractivity contribution in [1.82, 2.24) is 9.55 Å². The van der Waals surface area contributed by atoms with Crippen molar-refractivity contribution in [3.8, 4) is 0 Å². The molecule has 0 bridgehead atoms. The summed E-state index contributed by atoms with van der Waals surface area (Å²) in [5.41, 5.74) is 1.42. The van der Waals surface area contributed by atoms with Crippen molar-refractivity contribution in [2.45, 2.75) is 25.5 Å². The molecule has 1 aliphatic rings. The summed E-state index contributed by atoms with van der Waals surface area (Å²) in [6, 6.07) is 1.53. The van der Waals surface area contributed by atoms with Gasteiger partial charge in [0.15, 0.2) is 5.82 Å². The van der Waals surface area contributed by atoms with E-state index in [0.717, 1.165) is 19.3 Å². The average Bonchev–Trinajstić information content (AvgIpc) is 2.30. The Kier molecular flexibility index (Phi) is 2.98. The third kappa shape index (κ3) is 2.16. The van der Waals surface area contributed by atoms with Crippen LogP contribution in [0.2, 0.25) is 0 Å². The monoisotopic (exact) mass is 211 g/mol. The first-order chi connectivity index (χ1) is 7.31. The normalized spacial score (nSPS) is 21.3. The Bertz CT molecular complexity index is 384. The van der Waals surface area contributed by atoms with E-state index in [4.69, 9.17) is 9.94 Å². The minimum Gasteiger partial charge on any atom is -0.358 e. The standard InChI is InChI=1S/C9H13N3O3/c13-9-10-7(11-14)4-5-12(9)8-3-1-2-6-15-8/h4-5,8,14H,1-3,6H2,(H,10,11,13)/t8-/m0/s1. The van der Waals surface area contributed by atoms with Gasteiger partial charge in [-0.15, -0.1) is 0 Å². The molecule has 1 saturated heterocycles. The van der Waals surface area contributed by atoms with Crippen LogP contribution in [0.15, 0.2) is 17.1 Å². The molecule has 1 atom stereocenters. The zero-order chi connectivity index (χ0) is 10.7. The lowest BCUT2D eigenvalue weighted by Crippen LogP contribution is -2.30. The fourth-order valence-corrected chi connectivity index (χ4v) is 1.64. The van der Waals surface area contributed by atoms with Crippen molar-refractivity contribution in [1.29, 1.82) is 0 Å². The summed E-state index contributed by atoms with van der Waals surface area (Å²) in [4.78, 5) is 15.2. The molecule has 0 unspecified atom stereocenters. The van der Waals surface area contributed by atoms with Crippen LogP contribution < -0.4 is 11.2 Å². The van der Waals surface area contributed by atoms with E-state index >= 15 is 0 Å². The predicted octanol–water partition coefficient (Wildman–Crippen LogP) is 0.744. The topological polar surface area (TPSA) is 76.4 Å². The van der Waals surface area contributed by atoms with Gasteiger partial charge < -0.3 is 4.74 Å². The number of hydrogen-bond acceptors (Lipinski definition) is 5. The second kappa shape index (κ2) is 4.41. The molecule has 82 valence electrons. The first kappa shape index (κ1) is 10.1. The van der Waals surface area contributed by atoms with Gasteiger partial charge in [-0.05, 0) is 25.3 Å². The number of hydrogen-bond donors (Lipinski definition) is 2. The second-order valence-electron chi connectivity index (χ2n) is 3.44. The highest BCUT2D eigenvalue weighted by Crippen LogP contribution is 2.20. The summed E-state index contributed by atoms with van der Waals surface area (Å²) < 4.78 is 6.90. The molecule has 1 fully saturated rings. The Morgan fingerprint density at radius 3 is 3.07 bits per heavy atom. The average molecular weight is 211 g/mol. The molecule has 0 radical (unpaired) electrons. The summed E-state index contributed by atoms with van der Waals surface area (Å²) in [6.45, 7) is 0.678. The van der Waals surface area contributed by atoms with Gasteiger partial charge in [-0.25, -0.2) is 4.79 Å². The summed E-state index contributed by atoms with van der Waals surface area (Å²) in [6.07, 6.45) is 4.27. The quantitative estimate of drug-likeness (QED) is 0.706. The third-order valence-electron chi connectivity index (χ3n) is 2.41.